The molecule has 0 amide bonds. The molecule has 154 valence electrons. The minimum absolute atomic E-state index is 0.441. The van der Waals surface area contributed by atoms with Gasteiger partial charge in [0.25, 0.3) is 0 Å². The van der Waals surface area contributed by atoms with Crippen LogP contribution in [0.15, 0.2) is 48.5 Å². The molecule has 5 N–H and O–H groups in total. The number of hydrogen-bond acceptors (Lipinski definition) is 5. The van der Waals surface area contributed by atoms with Crippen molar-refractivity contribution in [2.24, 2.45) is 0 Å². The molecule has 0 radical (unpaired) electrons. The zero-order valence-corrected chi connectivity index (χ0v) is 16.3. The van der Waals surface area contributed by atoms with E-state index in [1.54, 1.807) is 0 Å². The summed E-state index contributed by atoms with van der Waals surface area (Å²) in [5.41, 5.74) is 5.14. The van der Waals surface area contributed by atoms with Crippen molar-refractivity contribution in [3.8, 4) is 0 Å². The highest BCUT2D eigenvalue weighted by atomic mass is 16.5. The molecule has 2 aromatic carbocycles. The van der Waals surface area contributed by atoms with E-state index in [-0.39, 0.29) is 0 Å². The maximum absolute atomic E-state index is 10.5. The Morgan fingerprint density at radius 3 is 2.34 bits per heavy atom. The van der Waals surface area contributed by atoms with Gasteiger partial charge in [0.2, 0.25) is 0 Å². The third-order valence-corrected chi connectivity index (χ3v) is 5.78. The summed E-state index contributed by atoms with van der Waals surface area (Å²) in [7, 11) is 0. The number of hydrogen-bond donors (Lipinski definition) is 5. The predicted octanol–water partition coefficient (Wildman–Crippen LogP) is 1.84. The van der Waals surface area contributed by atoms with E-state index in [9.17, 15) is 20.4 Å². The minimum atomic E-state index is -1.39. The lowest BCUT2D eigenvalue weighted by Crippen LogP contribution is -2.55. The van der Waals surface area contributed by atoms with Gasteiger partial charge in [0, 0.05) is 23.0 Å². The van der Waals surface area contributed by atoms with Crippen LogP contribution in [0, 0.1) is 0 Å². The van der Waals surface area contributed by atoms with Gasteiger partial charge in [0.05, 0.1) is 6.61 Å². The lowest BCUT2D eigenvalue weighted by molar-refractivity contribution is -0.231. The van der Waals surface area contributed by atoms with E-state index >= 15 is 0 Å². The predicted molar refractivity (Wildman–Crippen MR) is 110 cm³/mol. The number of nitrogens with one attached hydrogen (secondary N) is 1. The minimum Gasteiger partial charge on any atom is -0.394 e. The molecule has 0 saturated carbocycles. The Morgan fingerprint density at radius 1 is 0.931 bits per heavy atom. The highest BCUT2D eigenvalue weighted by Crippen LogP contribution is 2.36. The average Bonchev–Trinajstić information content (AvgIpc) is 3.15. The van der Waals surface area contributed by atoms with Crippen molar-refractivity contribution in [1.29, 1.82) is 0 Å². The van der Waals surface area contributed by atoms with Crippen molar-refractivity contribution in [3.05, 3.63) is 70.9 Å². The van der Waals surface area contributed by atoms with Crippen LogP contribution in [0.1, 0.15) is 35.4 Å². The van der Waals surface area contributed by atoms with Crippen LogP contribution in [0.5, 0.6) is 0 Å². The number of aromatic amines is 1. The molecule has 29 heavy (non-hydrogen) atoms. The van der Waals surface area contributed by atoms with E-state index < -0.39 is 37.1 Å². The van der Waals surface area contributed by atoms with E-state index in [4.69, 9.17) is 4.74 Å². The van der Waals surface area contributed by atoms with Gasteiger partial charge in [-0.2, -0.15) is 0 Å². The van der Waals surface area contributed by atoms with Gasteiger partial charge >= 0.3 is 0 Å². The van der Waals surface area contributed by atoms with Gasteiger partial charge in [-0.3, -0.25) is 0 Å². The van der Waals surface area contributed by atoms with E-state index in [1.165, 1.54) is 11.1 Å². The van der Waals surface area contributed by atoms with Crippen LogP contribution in [-0.2, 0) is 17.6 Å². The van der Waals surface area contributed by atoms with Crippen LogP contribution < -0.4 is 0 Å². The first-order chi connectivity index (χ1) is 14.0. The molecule has 6 heteroatoms. The molecule has 0 unspecified atom stereocenters. The van der Waals surface area contributed by atoms with Crippen LogP contribution in [0.3, 0.4) is 0 Å². The molecule has 3 aromatic rings. The summed E-state index contributed by atoms with van der Waals surface area (Å²) in [6.45, 7) is 1.69. The van der Waals surface area contributed by atoms with Gasteiger partial charge in [0.15, 0.2) is 0 Å². The molecule has 1 aliphatic rings. The second-order valence-corrected chi connectivity index (χ2v) is 7.70. The lowest BCUT2D eigenvalue weighted by atomic mass is 9.90. The normalized spacial score (nSPS) is 27.4. The monoisotopic (exact) mass is 397 g/mol. The maximum atomic E-state index is 10.5. The summed E-state index contributed by atoms with van der Waals surface area (Å²) in [6, 6.07) is 16.2. The first-order valence-corrected chi connectivity index (χ1v) is 10.0. The van der Waals surface area contributed by atoms with Crippen molar-refractivity contribution in [2.45, 2.75) is 50.3 Å². The second-order valence-electron chi connectivity index (χ2n) is 7.70. The highest BCUT2D eigenvalue weighted by molar-refractivity contribution is 5.84. The number of aromatic nitrogens is 1. The molecule has 1 aromatic heterocycles. The molecule has 1 saturated heterocycles. The fraction of sp³-hybridized carbons (Fsp3) is 0.391. The van der Waals surface area contributed by atoms with Crippen LogP contribution in [-0.4, -0.2) is 56.4 Å². The van der Waals surface area contributed by atoms with Gasteiger partial charge in [-0.25, -0.2) is 0 Å². The largest absolute Gasteiger partial charge is 0.394 e. The maximum Gasteiger partial charge on any atom is 0.113 e. The SMILES string of the molecule is CCc1ccc(Cc2cc3c([C@@H]4O[C@H](CO)[C@@H](O)[C@H](O)[C@H]4O)cccc3[nH]2)cc1. The van der Waals surface area contributed by atoms with E-state index in [0.717, 1.165) is 29.4 Å². The Balaban J connectivity index is 1.65. The van der Waals surface area contributed by atoms with Crippen LogP contribution in [0.2, 0.25) is 0 Å². The zero-order valence-electron chi connectivity index (χ0n) is 16.3. The van der Waals surface area contributed by atoms with Crippen LogP contribution in [0.4, 0.5) is 0 Å². The second kappa shape index (κ2) is 8.26. The zero-order chi connectivity index (χ0) is 20.5. The Hall–Kier alpha value is -2.22. The first kappa shape index (κ1) is 20.1. The number of benzene rings is 2. The van der Waals surface area contributed by atoms with E-state index in [2.05, 4.69) is 36.2 Å². The number of aryl methyl sites for hydroxylation is 1. The average molecular weight is 397 g/mol. The number of aliphatic hydroxyl groups excluding tert-OH is 4. The third kappa shape index (κ3) is 3.82. The smallest absolute Gasteiger partial charge is 0.113 e. The van der Waals surface area contributed by atoms with Gasteiger partial charge in [0.1, 0.15) is 30.5 Å². The van der Waals surface area contributed by atoms with Crippen molar-refractivity contribution in [3.63, 3.8) is 0 Å². The summed E-state index contributed by atoms with van der Waals surface area (Å²) in [6.07, 6.45) is -4.07. The van der Waals surface area contributed by atoms with Crippen molar-refractivity contribution < 1.29 is 25.2 Å². The Bertz CT molecular complexity index is 965. The topological polar surface area (TPSA) is 106 Å². The van der Waals surface area contributed by atoms with Gasteiger partial charge in [-0.1, -0.05) is 43.3 Å². The van der Waals surface area contributed by atoms with Crippen molar-refractivity contribution in [2.75, 3.05) is 6.61 Å². The molecule has 0 spiro atoms. The van der Waals surface area contributed by atoms with Crippen molar-refractivity contribution >= 4 is 10.9 Å². The quantitative estimate of drug-likeness (QED) is 0.452. The first-order valence-electron chi connectivity index (χ1n) is 10.0. The molecule has 2 heterocycles. The highest BCUT2D eigenvalue weighted by Gasteiger charge is 2.44. The molecular formula is C23H27NO5. The van der Waals surface area contributed by atoms with Gasteiger partial charge < -0.3 is 30.1 Å². The van der Waals surface area contributed by atoms with Crippen LogP contribution >= 0.6 is 0 Å². The molecule has 4 rings (SSSR count). The number of fused-ring (bicyclic) bond motifs is 1. The summed E-state index contributed by atoms with van der Waals surface area (Å²) in [5.74, 6) is 0. The summed E-state index contributed by atoms with van der Waals surface area (Å²) in [4.78, 5) is 3.41. The number of rotatable bonds is 5. The summed E-state index contributed by atoms with van der Waals surface area (Å²) < 4.78 is 5.75. The van der Waals surface area contributed by atoms with Crippen molar-refractivity contribution in [1.82, 2.24) is 4.98 Å². The molecular weight excluding hydrogens is 370 g/mol. The molecule has 0 aliphatic carbocycles. The Kier molecular flexibility index (Phi) is 5.72. The fourth-order valence-electron chi connectivity index (χ4n) is 4.05. The van der Waals surface area contributed by atoms with E-state index in [1.807, 2.05) is 24.3 Å². The molecule has 0 bridgehead atoms. The Morgan fingerprint density at radius 2 is 1.66 bits per heavy atom. The standard InChI is InChI=1S/C23H27NO5/c1-2-13-6-8-14(9-7-13)10-15-11-17-16(4-3-5-18(17)24-15)23-22(28)21(27)20(26)19(12-25)29-23/h3-9,11,19-28H,2,10,12H2,1H3/t19-,20-,21+,22-,23+/m1/s1. The summed E-state index contributed by atoms with van der Waals surface area (Å²) in [5, 5.41) is 41.0. The Labute approximate surface area is 169 Å². The summed E-state index contributed by atoms with van der Waals surface area (Å²) >= 11 is 0. The fourth-order valence-corrected chi connectivity index (χ4v) is 4.05. The van der Waals surface area contributed by atoms with Gasteiger partial charge in [-0.05, 0) is 35.2 Å². The number of H-pyrrole nitrogens is 1. The molecule has 1 fully saturated rings. The molecule has 1 aliphatic heterocycles. The van der Waals surface area contributed by atoms with E-state index in [0.29, 0.717) is 5.56 Å². The lowest BCUT2D eigenvalue weighted by Gasteiger charge is -2.40. The third-order valence-electron chi connectivity index (χ3n) is 5.78. The number of ether oxygens (including phenoxy) is 1. The molecule has 5 atom stereocenters. The number of aliphatic hydroxyl groups is 4. The molecule has 6 nitrogen and oxygen atoms in total. The van der Waals surface area contributed by atoms with Crippen LogP contribution in [0.25, 0.3) is 10.9 Å². The van der Waals surface area contributed by atoms with Gasteiger partial charge in [-0.15, -0.1) is 0 Å².